The molecule has 8 nitrogen and oxygen atoms in total. The van der Waals surface area contributed by atoms with E-state index in [1.54, 1.807) is 20.8 Å². The Morgan fingerprint density at radius 2 is 1.75 bits per heavy atom. The number of rotatable bonds is 8. The zero-order valence-electron chi connectivity index (χ0n) is 17.5. The zero-order valence-corrected chi connectivity index (χ0v) is 17.5. The molecule has 1 amide bonds. The highest BCUT2D eigenvalue weighted by atomic mass is 16.6. The molecule has 3 atom stereocenters. The largest absolute Gasteiger partial charge is 0.444 e. The van der Waals surface area contributed by atoms with Gasteiger partial charge in [-0.1, -0.05) is 45.4 Å². The summed E-state index contributed by atoms with van der Waals surface area (Å²) in [6, 6.07) is -1.82. The van der Waals surface area contributed by atoms with Gasteiger partial charge >= 0.3 is 18.0 Å². The minimum atomic E-state index is -1.57. The minimum Gasteiger partial charge on any atom is -0.444 e. The molecule has 0 aromatic rings. The van der Waals surface area contributed by atoms with Gasteiger partial charge in [-0.05, 0) is 39.5 Å². The van der Waals surface area contributed by atoms with Crippen molar-refractivity contribution in [3.05, 3.63) is 0 Å². The number of amides is 1. The van der Waals surface area contributed by atoms with E-state index in [9.17, 15) is 19.5 Å². The van der Waals surface area contributed by atoms with E-state index in [0.29, 0.717) is 18.8 Å². The Bertz CT molecular complexity index is 525. The minimum absolute atomic E-state index is 0.273. The highest BCUT2D eigenvalue weighted by molar-refractivity contribution is 5.92. The van der Waals surface area contributed by atoms with Crippen LogP contribution in [0.15, 0.2) is 0 Å². The number of hydrogen-bond donors (Lipinski definition) is 3. The molecular weight excluding hydrogens is 364 g/mol. The molecular formula is C20H36N2O6. The normalized spacial score (nSPS) is 18.6. The van der Waals surface area contributed by atoms with Crippen LogP contribution in [-0.4, -0.2) is 46.9 Å². The smallest absolute Gasteiger partial charge is 0.408 e. The van der Waals surface area contributed by atoms with Gasteiger partial charge in [0.2, 0.25) is 0 Å². The second-order valence-electron chi connectivity index (χ2n) is 8.58. The van der Waals surface area contributed by atoms with Gasteiger partial charge in [0.05, 0.1) is 0 Å². The SMILES string of the molecule is CCCC(NC(=O)OC(C)(C)C)C(=O)OC(=O)C(O)C(N)CC1CCCCC1. The van der Waals surface area contributed by atoms with E-state index < -0.39 is 41.8 Å². The Hall–Kier alpha value is -1.67. The standard InChI is InChI=1S/C20H36N2O6/c1-5-9-15(22-19(26)28-20(2,3)4)17(24)27-18(25)16(23)14(21)12-13-10-7-6-8-11-13/h13-16,23H,5-12,21H2,1-4H3,(H,22,26). The quantitative estimate of drug-likeness (QED) is 0.421. The summed E-state index contributed by atoms with van der Waals surface area (Å²) in [7, 11) is 0. The van der Waals surface area contributed by atoms with Crippen molar-refractivity contribution >= 4 is 18.0 Å². The fourth-order valence-electron chi connectivity index (χ4n) is 3.33. The van der Waals surface area contributed by atoms with Crippen LogP contribution in [0.25, 0.3) is 0 Å². The van der Waals surface area contributed by atoms with Gasteiger partial charge in [0, 0.05) is 6.04 Å². The van der Waals surface area contributed by atoms with Gasteiger partial charge in [-0.3, -0.25) is 0 Å². The lowest BCUT2D eigenvalue weighted by Crippen LogP contribution is -2.48. The second-order valence-corrected chi connectivity index (χ2v) is 8.58. The summed E-state index contributed by atoms with van der Waals surface area (Å²) in [6.45, 7) is 6.93. The summed E-state index contributed by atoms with van der Waals surface area (Å²) in [5.74, 6) is -1.63. The Morgan fingerprint density at radius 3 is 2.29 bits per heavy atom. The summed E-state index contributed by atoms with van der Waals surface area (Å²) < 4.78 is 9.92. The molecule has 0 aliphatic heterocycles. The molecule has 1 aliphatic rings. The number of esters is 2. The van der Waals surface area contributed by atoms with Crippen LogP contribution in [-0.2, 0) is 19.1 Å². The predicted octanol–water partition coefficient (Wildman–Crippen LogP) is 2.41. The molecule has 0 bridgehead atoms. The molecule has 0 saturated heterocycles. The van der Waals surface area contributed by atoms with Gasteiger partial charge in [0.15, 0.2) is 6.10 Å². The molecule has 1 fully saturated rings. The molecule has 3 unspecified atom stereocenters. The van der Waals surface area contributed by atoms with Crippen LogP contribution in [0.1, 0.15) is 79.1 Å². The molecule has 8 heteroatoms. The summed E-state index contributed by atoms with van der Waals surface area (Å²) in [5.41, 5.74) is 5.24. The van der Waals surface area contributed by atoms with E-state index in [4.69, 9.17) is 15.2 Å². The molecule has 1 rings (SSSR count). The van der Waals surface area contributed by atoms with Crippen molar-refractivity contribution in [1.29, 1.82) is 0 Å². The number of aliphatic hydroxyl groups excluding tert-OH is 1. The average Bonchev–Trinajstić information content (AvgIpc) is 2.59. The molecule has 0 radical (unpaired) electrons. The molecule has 28 heavy (non-hydrogen) atoms. The van der Waals surface area contributed by atoms with Crippen molar-refractivity contribution in [3.8, 4) is 0 Å². The summed E-state index contributed by atoms with van der Waals surface area (Å²) >= 11 is 0. The Labute approximate surface area is 167 Å². The third-order valence-electron chi connectivity index (χ3n) is 4.73. The Morgan fingerprint density at radius 1 is 1.14 bits per heavy atom. The Kier molecular flexibility index (Phi) is 9.89. The number of ether oxygens (including phenoxy) is 2. The molecule has 162 valence electrons. The number of aliphatic hydroxyl groups is 1. The number of hydrogen-bond acceptors (Lipinski definition) is 7. The first-order valence-electron chi connectivity index (χ1n) is 10.2. The first kappa shape index (κ1) is 24.4. The lowest BCUT2D eigenvalue weighted by atomic mass is 9.84. The fraction of sp³-hybridized carbons (Fsp3) is 0.850. The van der Waals surface area contributed by atoms with E-state index in [2.05, 4.69) is 5.32 Å². The van der Waals surface area contributed by atoms with Crippen LogP contribution in [0.4, 0.5) is 4.79 Å². The van der Waals surface area contributed by atoms with Crippen LogP contribution >= 0.6 is 0 Å². The van der Waals surface area contributed by atoms with Crippen LogP contribution in [0.3, 0.4) is 0 Å². The lowest BCUT2D eigenvalue weighted by Gasteiger charge is -2.26. The maximum absolute atomic E-state index is 12.3. The van der Waals surface area contributed by atoms with Gasteiger partial charge in [-0.15, -0.1) is 0 Å². The van der Waals surface area contributed by atoms with Crippen molar-refractivity contribution in [1.82, 2.24) is 5.32 Å². The van der Waals surface area contributed by atoms with E-state index in [-0.39, 0.29) is 6.42 Å². The van der Waals surface area contributed by atoms with Crippen molar-refractivity contribution in [2.75, 3.05) is 0 Å². The van der Waals surface area contributed by atoms with Crippen LogP contribution < -0.4 is 11.1 Å². The molecule has 1 aliphatic carbocycles. The van der Waals surface area contributed by atoms with Gasteiger partial charge in [-0.25, -0.2) is 14.4 Å². The molecule has 4 N–H and O–H groups in total. The zero-order chi connectivity index (χ0) is 21.3. The van der Waals surface area contributed by atoms with Crippen molar-refractivity contribution in [2.45, 2.75) is 103 Å². The van der Waals surface area contributed by atoms with Gasteiger partial charge in [0.1, 0.15) is 11.6 Å². The van der Waals surface area contributed by atoms with E-state index in [1.807, 2.05) is 6.92 Å². The number of carbonyl (C=O) groups excluding carboxylic acids is 3. The van der Waals surface area contributed by atoms with Crippen molar-refractivity contribution < 1.29 is 29.0 Å². The fourth-order valence-corrected chi connectivity index (χ4v) is 3.33. The molecule has 0 heterocycles. The predicted molar refractivity (Wildman–Crippen MR) is 104 cm³/mol. The highest BCUT2D eigenvalue weighted by Gasteiger charge is 2.32. The third-order valence-corrected chi connectivity index (χ3v) is 4.73. The van der Waals surface area contributed by atoms with E-state index in [0.717, 1.165) is 25.7 Å². The summed E-state index contributed by atoms with van der Waals surface area (Å²) in [4.78, 5) is 36.3. The maximum Gasteiger partial charge on any atom is 0.408 e. The van der Waals surface area contributed by atoms with Crippen LogP contribution in [0, 0.1) is 5.92 Å². The van der Waals surface area contributed by atoms with Crippen molar-refractivity contribution in [2.24, 2.45) is 11.7 Å². The molecule has 0 aromatic heterocycles. The van der Waals surface area contributed by atoms with E-state index >= 15 is 0 Å². The number of carbonyl (C=O) groups is 3. The topological polar surface area (TPSA) is 128 Å². The number of nitrogens with one attached hydrogen (secondary N) is 1. The lowest BCUT2D eigenvalue weighted by molar-refractivity contribution is -0.168. The van der Waals surface area contributed by atoms with Gasteiger partial charge in [0.25, 0.3) is 0 Å². The molecule has 0 aromatic carbocycles. The maximum atomic E-state index is 12.3. The first-order valence-corrected chi connectivity index (χ1v) is 10.2. The average molecular weight is 401 g/mol. The second kappa shape index (κ2) is 11.4. The van der Waals surface area contributed by atoms with E-state index in [1.165, 1.54) is 6.42 Å². The monoisotopic (exact) mass is 400 g/mol. The van der Waals surface area contributed by atoms with Gasteiger partial charge in [-0.2, -0.15) is 0 Å². The number of alkyl carbamates (subject to hydrolysis) is 1. The Balaban J connectivity index is 2.57. The number of nitrogens with two attached hydrogens (primary N) is 1. The highest BCUT2D eigenvalue weighted by Crippen LogP contribution is 2.27. The summed E-state index contributed by atoms with van der Waals surface area (Å²) in [5, 5.41) is 12.6. The third kappa shape index (κ3) is 9.01. The van der Waals surface area contributed by atoms with Crippen LogP contribution in [0.2, 0.25) is 0 Å². The molecule has 0 spiro atoms. The van der Waals surface area contributed by atoms with Crippen LogP contribution in [0.5, 0.6) is 0 Å². The molecule has 1 saturated carbocycles. The first-order chi connectivity index (χ1) is 13.0. The summed E-state index contributed by atoms with van der Waals surface area (Å²) in [6.07, 6.45) is 4.55. The van der Waals surface area contributed by atoms with Gasteiger partial charge < -0.3 is 25.6 Å². The van der Waals surface area contributed by atoms with Crippen molar-refractivity contribution in [3.63, 3.8) is 0 Å².